The Hall–Kier alpha value is -3.72. The zero-order valence-corrected chi connectivity index (χ0v) is 19.8. The van der Waals surface area contributed by atoms with Gasteiger partial charge in [-0.05, 0) is 44.2 Å². The van der Waals surface area contributed by atoms with Crippen molar-refractivity contribution in [1.82, 2.24) is 19.3 Å². The predicted octanol–water partition coefficient (Wildman–Crippen LogP) is 4.25. The highest BCUT2D eigenvalue weighted by atomic mass is 32.2. The SMILES string of the molecule is CC(C)(NS(=O)(=O)c1ccc(-c2c(C(N)=O)c3cc(C(F)(F)F)cnc3n2C2=CC=C2)nc1)C(F)(F)F. The second-order valence-corrected chi connectivity index (χ2v) is 10.3. The molecule has 1 aliphatic rings. The van der Waals surface area contributed by atoms with E-state index in [0.29, 0.717) is 31.8 Å². The van der Waals surface area contributed by atoms with Gasteiger partial charge in [-0.3, -0.25) is 14.3 Å². The van der Waals surface area contributed by atoms with Gasteiger partial charge in [0.2, 0.25) is 10.0 Å². The van der Waals surface area contributed by atoms with Crippen LogP contribution in [-0.4, -0.2) is 40.6 Å². The number of hydrogen-bond acceptors (Lipinski definition) is 5. The Labute approximate surface area is 205 Å². The average Bonchev–Trinajstić information content (AvgIpc) is 3.05. The summed E-state index contributed by atoms with van der Waals surface area (Å²) in [6.45, 7) is 1.29. The number of amides is 1. The van der Waals surface area contributed by atoms with Crippen molar-refractivity contribution in [1.29, 1.82) is 0 Å². The maximum Gasteiger partial charge on any atom is 0.417 e. The molecule has 0 aromatic carbocycles. The Bertz CT molecular complexity index is 1580. The Morgan fingerprint density at radius 3 is 2.16 bits per heavy atom. The fourth-order valence-corrected chi connectivity index (χ4v) is 4.87. The molecule has 1 aliphatic carbocycles. The molecule has 3 aromatic rings. The average molecular weight is 545 g/mol. The smallest absolute Gasteiger partial charge is 0.366 e. The van der Waals surface area contributed by atoms with E-state index in [9.17, 15) is 39.6 Å². The summed E-state index contributed by atoms with van der Waals surface area (Å²) < 4.78 is 108. The summed E-state index contributed by atoms with van der Waals surface area (Å²) in [5, 5.41) is -0.217. The fraction of sp³-hybridized carbons (Fsp3) is 0.227. The molecule has 0 fully saturated rings. The minimum atomic E-state index is -4.89. The molecule has 3 N–H and O–H groups in total. The van der Waals surface area contributed by atoms with E-state index in [0.717, 1.165) is 18.3 Å². The standard InChI is InChI=1S/C22H17F6N5O3S/c1-20(2,22(26,27)28)32-37(35,36)13-6-7-15(30-10-13)17-16(18(29)34)14-8-11(21(23,24)25)9-31-19(14)33(17)12-4-3-5-12/h3-10,32H,1-2H3,(H2,29,34). The van der Waals surface area contributed by atoms with Crippen LogP contribution in [0.15, 0.2) is 53.7 Å². The van der Waals surface area contributed by atoms with E-state index in [2.05, 4.69) is 9.97 Å². The number of allylic oxidation sites excluding steroid dienone is 4. The van der Waals surface area contributed by atoms with E-state index in [-0.39, 0.29) is 28.0 Å². The van der Waals surface area contributed by atoms with Gasteiger partial charge in [0.1, 0.15) is 16.1 Å². The van der Waals surface area contributed by atoms with Crippen molar-refractivity contribution in [3.8, 4) is 11.4 Å². The first kappa shape index (κ1) is 26.3. The Balaban J connectivity index is 1.89. The molecular weight excluding hydrogens is 528 g/mol. The van der Waals surface area contributed by atoms with Crippen molar-refractivity contribution in [2.75, 3.05) is 0 Å². The molecule has 4 rings (SSSR count). The Morgan fingerprint density at radius 2 is 1.70 bits per heavy atom. The van der Waals surface area contributed by atoms with Crippen molar-refractivity contribution >= 4 is 32.7 Å². The number of aromatic nitrogens is 3. The van der Waals surface area contributed by atoms with Gasteiger partial charge in [0, 0.05) is 23.5 Å². The first-order chi connectivity index (χ1) is 16.9. The number of primary amides is 1. The highest BCUT2D eigenvalue weighted by Crippen LogP contribution is 2.39. The third-order valence-electron chi connectivity index (χ3n) is 5.56. The zero-order chi connectivity index (χ0) is 27.6. The number of nitrogens with one attached hydrogen (secondary N) is 1. The monoisotopic (exact) mass is 545 g/mol. The second-order valence-electron chi connectivity index (χ2n) is 8.57. The number of alkyl halides is 6. The number of carbonyl (C=O) groups excluding carboxylic acids is 1. The van der Waals surface area contributed by atoms with Crippen molar-refractivity contribution in [2.24, 2.45) is 5.73 Å². The van der Waals surface area contributed by atoms with E-state index in [1.54, 1.807) is 23.0 Å². The molecule has 0 spiro atoms. The van der Waals surface area contributed by atoms with Crippen LogP contribution >= 0.6 is 0 Å². The lowest BCUT2D eigenvalue weighted by Gasteiger charge is -2.28. The van der Waals surface area contributed by atoms with Crippen LogP contribution in [0.1, 0.15) is 29.8 Å². The molecule has 0 saturated heterocycles. The quantitative estimate of drug-likeness (QED) is 0.449. The molecule has 0 aliphatic heterocycles. The Morgan fingerprint density at radius 1 is 1.05 bits per heavy atom. The molecule has 15 heteroatoms. The van der Waals surface area contributed by atoms with Crippen LogP contribution in [0.4, 0.5) is 26.3 Å². The molecule has 0 atom stereocenters. The molecule has 1 amide bonds. The predicted molar refractivity (Wildman–Crippen MR) is 120 cm³/mol. The lowest BCUT2D eigenvalue weighted by molar-refractivity contribution is -0.180. The van der Waals surface area contributed by atoms with Gasteiger partial charge >= 0.3 is 12.4 Å². The molecule has 37 heavy (non-hydrogen) atoms. The summed E-state index contributed by atoms with van der Waals surface area (Å²) in [6.07, 6.45) is -3.53. The van der Waals surface area contributed by atoms with Crippen LogP contribution in [0.3, 0.4) is 0 Å². The molecule has 0 bridgehead atoms. The molecule has 3 heterocycles. The van der Waals surface area contributed by atoms with Crippen molar-refractivity contribution in [3.05, 3.63) is 59.9 Å². The number of hydrogen-bond donors (Lipinski definition) is 2. The lowest BCUT2D eigenvalue weighted by atomic mass is 10.1. The van der Waals surface area contributed by atoms with Crippen LogP contribution in [0, 0.1) is 0 Å². The van der Waals surface area contributed by atoms with Crippen molar-refractivity contribution in [2.45, 2.75) is 36.6 Å². The number of halogens is 6. The highest BCUT2D eigenvalue weighted by Gasteiger charge is 2.50. The molecule has 196 valence electrons. The summed E-state index contributed by atoms with van der Waals surface area (Å²) in [4.78, 5) is 19.7. The zero-order valence-electron chi connectivity index (χ0n) is 18.9. The number of rotatable bonds is 6. The normalized spacial score (nSPS) is 14.5. The third-order valence-corrected chi connectivity index (χ3v) is 7.20. The molecule has 0 radical (unpaired) electrons. The van der Waals surface area contributed by atoms with Gasteiger partial charge in [-0.25, -0.2) is 13.4 Å². The maximum absolute atomic E-state index is 13.3. The topological polar surface area (TPSA) is 120 Å². The summed E-state index contributed by atoms with van der Waals surface area (Å²) in [6, 6.07) is 2.76. The summed E-state index contributed by atoms with van der Waals surface area (Å²) in [5.41, 5.74) is 1.47. The van der Waals surface area contributed by atoms with Crippen LogP contribution in [-0.2, 0) is 16.2 Å². The first-order valence-electron chi connectivity index (χ1n) is 10.3. The second kappa shape index (κ2) is 8.41. The van der Waals surface area contributed by atoms with E-state index >= 15 is 0 Å². The number of nitrogens with two attached hydrogens (primary N) is 1. The van der Waals surface area contributed by atoms with Gasteiger partial charge in [-0.1, -0.05) is 6.08 Å². The minimum absolute atomic E-state index is 0.0421. The minimum Gasteiger partial charge on any atom is -0.366 e. The maximum atomic E-state index is 13.3. The highest BCUT2D eigenvalue weighted by molar-refractivity contribution is 7.89. The summed E-state index contributed by atoms with van der Waals surface area (Å²) in [5.74, 6) is -1.10. The van der Waals surface area contributed by atoms with Crippen LogP contribution in [0.25, 0.3) is 28.1 Å². The van der Waals surface area contributed by atoms with Gasteiger partial charge < -0.3 is 5.73 Å². The first-order valence-corrected chi connectivity index (χ1v) is 11.8. The molecule has 0 unspecified atom stereocenters. The molecule has 8 nitrogen and oxygen atoms in total. The van der Waals surface area contributed by atoms with Gasteiger partial charge in [0.15, 0.2) is 0 Å². The Kier molecular flexibility index (Phi) is 5.99. The molecule has 0 saturated carbocycles. The number of nitrogens with zero attached hydrogens (tertiary/aromatic N) is 3. The fourth-order valence-electron chi connectivity index (χ4n) is 3.53. The largest absolute Gasteiger partial charge is 0.417 e. The van der Waals surface area contributed by atoms with Crippen LogP contribution in [0.5, 0.6) is 0 Å². The van der Waals surface area contributed by atoms with Crippen molar-refractivity contribution in [3.63, 3.8) is 0 Å². The lowest BCUT2D eigenvalue weighted by Crippen LogP contribution is -2.54. The number of sulfonamides is 1. The van der Waals surface area contributed by atoms with Gasteiger partial charge in [-0.2, -0.15) is 31.1 Å². The van der Waals surface area contributed by atoms with E-state index in [4.69, 9.17) is 5.73 Å². The third kappa shape index (κ3) is 4.59. The van der Waals surface area contributed by atoms with Gasteiger partial charge in [-0.15, -0.1) is 0 Å². The number of pyridine rings is 2. The molecule has 3 aromatic heterocycles. The van der Waals surface area contributed by atoms with Crippen LogP contribution in [0.2, 0.25) is 0 Å². The van der Waals surface area contributed by atoms with E-state index in [1.807, 2.05) is 0 Å². The van der Waals surface area contributed by atoms with Gasteiger partial charge in [0.05, 0.1) is 22.5 Å². The summed E-state index contributed by atoms with van der Waals surface area (Å²) in [7, 11) is -4.68. The van der Waals surface area contributed by atoms with E-state index < -0.39 is 44.3 Å². The summed E-state index contributed by atoms with van der Waals surface area (Å²) >= 11 is 0. The van der Waals surface area contributed by atoms with Crippen LogP contribution < -0.4 is 10.5 Å². The van der Waals surface area contributed by atoms with E-state index in [1.165, 1.54) is 4.57 Å². The van der Waals surface area contributed by atoms with Gasteiger partial charge in [0.25, 0.3) is 5.91 Å². The number of carbonyl (C=O) groups is 1. The number of fused-ring (bicyclic) bond motifs is 1. The van der Waals surface area contributed by atoms with Crippen molar-refractivity contribution < 1.29 is 39.6 Å². The molecular formula is C22H17F6N5O3S.